The molecule has 0 amide bonds. The molecule has 2 aromatic rings. The van der Waals surface area contributed by atoms with Crippen molar-refractivity contribution in [2.45, 2.75) is 115 Å². The van der Waals surface area contributed by atoms with E-state index in [9.17, 15) is 0 Å². The lowest BCUT2D eigenvalue weighted by Gasteiger charge is -2.10. The highest BCUT2D eigenvalue weighted by Crippen LogP contribution is 2.23. The van der Waals surface area contributed by atoms with Gasteiger partial charge in [0.05, 0.1) is 0 Å². The average molecular weight is 592 g/mol. The minimum Gasteiger partial charge on any atom is -0.296 e. The van der Waals surface area contributed by atoms with Crippen molar-refractivity contribution < 1.29 is 0 Å². The molecule has 0 spiro atoms. The normalized spacial score (nSPS) is 11.1. The zero-order valence-electron chi connectivity index (χ0n) is 29.7. The molecule has 0 fully saturated rings. The molecule has 1 aromatic carbocycles. The maximum absolute atomic E-state index is 4.09. The van der Waals surface area contributed by atoms with Crippen LogP contribution in [0.2, 0.25) is 0 Å². The Labute approximate surface area is 267 Å². The van der Waals surface area contributed by atoms with Gasteiger partial charge in [-0.05, 0) is 85.9 Å². The Morgan fingerprint density at radius 3 is 1.88 bits per heavy atom. The number of allylic oxidation sites excluding steroid dienone is 8. The third-order valence-corrected chi connectivity index (χ3v) is 6.97. The van der Waals surface area contributed by atoms with Crippen LogP contribution in [0.5, 0.6) is 0 Å². The Morgan fingerprint density at radius 1 is 0.857 bits per heavy atom. The molecule has 1 nitrogen and oxygen atoms in total. The Morgan fingerprint density at radius 2 is 1.45 bits per heavy atom. The molecule has 1 heterocycles. The molecule has 0 bridgehead atoms. The van der Waals surface area contributed by atoms with E-state index < -0.39 is 0 Å². The number of hydrogen-bond donors (Lipinski definition) is 0. The van der Waals surface area contributed by atoms with Gasteiger partial charge in [0.2, 0.25) is 0 Å². The summed E-state index contributed by atoms with van der Waals surface area (Å²) in [5.41, 5.74) is 7.57. The molecule has 0 saturated heterocycles. The number of aryl methyl sites for hydroxylation is 1. The fourth-order valence-electron chi connectivity index (χ4n) is 3.97. The molecular formula is C40H65NS. The minimum absolute atomic E-state index is 1.01. The summed E-state index contributed by atoms with van der Waals surface area (Å²) < 4.78 is 0. The quantitative estimate of drug-likeness (QED) is 0.182. The van der Waals surface area contributed by atoms with Crippen molar-refractivity contribution in [1.82, 2.24) is 0 Å². The van der Waals surface area contributed by atoms with Crippen LogP contribution in [0.25, 0.3) is 11.6 Å². The van der Waals surface area contributed by atoms with E-state index in [4.69, 9.17) is 0 Å². The topological polar surface area (TPSA) is 12.4 Å². The number of hydrogen-bond acceptors (Lipinski definition) is 2. The smallest absolute Gasteiger partial charge is 0.0277 e. The van der Waals surface area contributed by atoms with Gasteiger partial charge >= 0.3 is 0 Å². The molecule has 0 radical (unpaired) electrons. The van der Waals surface area contributed by atoms with Gasteiger partial charge in [-0.3, -0.25) is 4.99 Å². The van der Waals surface area contributed by atoms with Crippen molar-refractivity contribution in [2.75, 3.05) is 7.05 Å². The van der Waals surface area contributed by atoms with Crippen molar-refractivity contribution in [3.8, 4) is 0 Å². The maximum atomic E-state index is 4.09. The fourth-order valence-corrected chi connectivity index (χ4v) is 4.59. The fraction of sp³-hybridized carbons (Fsp3) is 0.475. The van der Waals surface area contributed by atoms with Crippen LogP contribution in [0.3, 0.4) is 0 Å². The SMILES string of the molecule is C=C/C=C/c1cccs1.CC.CC.CCCC(CC)CCC.CN=C/C(C)=C(C)/C=C(\C=C(C)C)c1ccccc1C. The van der Waals surface area contributed by atoms with Crippen LogP contribution in [0.15, 0.2) is 94.4 Å². The van der Waals surface area contributed by atoms with E-state index in [1.54, 1.807) is 24.5 Å². The molecule has 0 unspecified atom stereocenters. The number of aliphatic imine (C=N–C) groups is 1. The molecule has 1 aromatic heterocycles. The minimum atomic E-state index is 1.01. The van der Waals surface area contributed by atoms with Crippen LogP contribution in [-0.2, 0) is 0 Å². The largest absolute Gasteiger partial charge is 0.296 e. The summed E-state index contributed by atoms with van der Waals surface area (Å²) in [7, 11) is 1.80. The number of nitrogens with zero attached hydrogens (tertiary/aromatic N) is 1. The van der Waals surface area contributed by atoms with Crippen LogP contribution in [-0.4, -0.2) is 13.3 Å². The van der Waals surface area contributed by atoms with E-state index in [0.717, 1.165) is 5.92 Å². The standard InChI is InChI=1S/C19H25N.C9H20.C8H8S.2C2H6/c1-14(2)11-18(12-16(4)17(5)13-20-6)19-10-8-7-9-15(19)3;1-4-7-9(6-3)8-5-2;1-2-3-5-8-6-4-7-9-8;2*1-2/h7-13H,1-6H3;9H,4-8H2,1-3H3;2-7H,1H2;2*1-2H3/b17-16+,18-12+,20-13?;;5-3+;;. The predicted molar refractivity (Wildman–Crippen MR) is 201 cm³/mol. The van der Waals surface area contributed by atoms with E-state index in [2.05, 4.69) is 115 Å². The van der Waals surface area contributed by atoms with Crippen molar-refractivity contribution in [2.24, 2.45) is 10.9 Å². The lowest BCUT2D eigenvalue weighted by atomic mass is 9.96. The maximum Gasteiger partial charge on any atom is 0.0277 e. The summed E-state index contributed by atoms with van der Waals surface area (Å²) >= 11 is 1.73. The molecule has 0 atom stereocenters. The summed E-state index contributed by atoms with van der Waals surface area (Å²) in [5.74, 6) is 1.01. The van der Waals surface area contributed by atoms with Crippen molar-refractivity contribution in [3.63, 3.8) is 0 Å². The number of rotatable bonds is 11. The lowest BCUT2D eigenvalue weighted by molar-refractivity contribution is 0.427. The molecule has 0 N–H and O–H groups in total. The van der Waals surface area contributed by atoms with Gasteiger partial charge < -0.3 is 0 Å². The first-order chi connectivity index (χ1) is 20.2. The Balaban J connectivity index is -0.000000575. The van der Waals surface area contributed by atoms with Crippen LogP contribution in [0, 0.1) is 12.8 Å². The van der Waals surface area contributed by atoms with E-state index >= 15 is 0 Å². The van der Waals surface area contributed by atoms with Gasteiger partial charge in [0.1, 0.15) is 0 Å². The van der Waals surface area contributed by atoms with Gasteiger partial charge in [-0.1, -0.05) is 147 Å². The molecule has 0 saturated carbocycles. The number of benzene rings is 1. The van der Waals surface area contributed by atoms with Crippen LogP contribution in [0.1, 0.15) is 124 Å². The van der Waals surface area contributed by atoms with Crippen LogP contribution >= 0.6 is 11.3 Å². The predicted octanol–water partition coefficient (Wildman–Crippen LogP) is 14.0. The molecule has 2 heteroatoms. The first-order valence-corrected chi connectivity index (χ1v) is 17.0. The molecule has 0 aliphatic rings. The summed E-state index contributed by atoms with van der Waals surface area (Å²) in [4.78, 5) is 5.36. The second-order valence-corrected chi connectivity index (χ2v) is 10.8. The van der Waals surface area contributed by atoms with E-state index in [0.29, 0.717) is 0 Å². The monoisotopic (exact) mass is 591 g/mol. The molecule has 236 valence electrons. The van der Waals surface area contributed by atoms with Gasteiger partial charge in [-0.25, -0.2) is 0 Å². The zero-order valence-corrected chi connectivity index (χ0v) is 30.5. The molecule has 2 rings (SSSR count). The van der Waals surface area contributed by atoms with Gasteiger partial charge in [-0.2, -0.15) is 0 Å². The first kappa shape index (κ1) is 43.7. The Bertz CT molecular complexity index is 1040. The zero-order chi connectivity index (χ0) is 32.8. The summed E-state index contributed by atoms with van der Waals surface area (Å²) in [5, 5.41) is 2.06. The first-order valence-electron chi connectivity index (χ1n) is 16.1. The lowest BCUT2D eigenvalue weighted by Crippen LogP contribution is -1.96. The molecule has 0 aliphatic carbocycles. The highest BCUT2D eigenvalue weighted by atomic mass is 32.1. The Kier molecular flexibility index (Phi) is 32.5. The van der Waals surface area contributed by atoms with E-state index in [-0.39, 0.29) is 0 Å². The third-order valence-electron chi connectivity index (χ3n) is 6.13. The van der Waals surface area contributed by atoms with Gasteiger partial charge in [-0.15, -0.1) is 11.3 Å². The van der Waals surface area contributed by atoms with Crippen molar-refractivity contribution >= 4 is 29.2 Å². The third kappa shape index (κ3) is 22.9. The van der Waals surface area contributed by atoms with Gasteiger partial charge in [0.15, 0.2) is 0 Å². The molecule has 0 aliphatic heterocycles. The van der Waals surface area contributed by atoms with Crippen LogP contribution < -0.4 is 0 Å². The van der Waals surface area contributed by atoms with Crippen LogP contribution in [0.4, 0.5) is 0 Å². The summed E-state index contributed by atoms with van der Waals surface area (Å²) in [6.45, 7) is 29.1. The van der Waals surface area contributed by atoms with Crippen molar-refractivity contribution in [1.29, 1.82) is 0 Å². The number of thiophene rings is 1. The van der Waals surface area contributed by atoms with Gasteiger partial charge in [0.25, 0.3) is 0 Å². The highest BCUT2D eigenvalue weighted by Gasteiger charge is 2.03. The Hall–Kier alpha value is -2.71. The summed E-state index contributed by atoms with van der Waals surface area (Å²) in [6, 6.07) is 12.6. The van der Waals surface area contributed by atoms with Gasteiger partial charge in [0, 0.05) is 18.1 Å². The van der Waals surface area contributed by atoms with E-state index in [1.807, 2.05) is 52.1 Å². The second kappa shape index (κ2) is 31.2. The van der Waals surface area contributed by atoms with Crippen molar-refractivity contribution in [3.05, 3.63) is 105 Å². The summed E-state index contributed by atoms with van der Waals surface area (Å²) in [6.07, 6.45) is 19.1. The molecule has 42 heavy (non-hydrogen) atoms. The molecular weight excluding hydrogens is 527 g/mol. The average Bonchev–Trinajstić information content (AvgIpc) is 3.52. The second-order valence-electron chi connectivity index (χ2n) is 9.85. The van der Waals surface area contributed by atoms with E-state index in [1.165, 1.54) is 70.4 Å². The highest BCUT2D eigenvalue weighted by molar-refractivity contribution is 7.10.